The molecule has 2 heterocycles. The number of nitrogens with two attached hydrogens (primary N) is 1. The van der Waals surface area contributed by atoms with Gasteiger partial charge in [0, 0.05) is 11.7 Å². The fourth-order valence-electron chi connectivity index (χ4n) is 2.59. The molecule has 0 bridgehead atoms. The molecule has 1 aromatic carbocycles. The minimum absolute atomic E-state index is 0.280. The van der Waals surface area contributed by atoms with Crippen LogP contribution in [0.15, 0.2) is 42.5 Å². The van der Waals surface area contributed by atoms with Crippen LogP contribution in [0.4, 0.5) is 17.5 Å². The van der Waals surface area contributed by atoms with Gasteiger partial charge in [-0.05, 0) is 45.0 Å². The van der Waals surface area contributed by atoms with Crippen molar-refractivity contribution in [2.45, 2.75) is 26.8 Å². The van der Waals surface area contributed by atoms with E-state index >= 15 is 0 Å². The number of nitrogens with zero attached hydrogens (tertiary/aromatic N) is 4. The van der Waals surface area contributed by atoms with Gasteiger partial charge in [0.2, 0.25) is 5.95 Å². The molecule has 0 fully saturated rings. The van der Waals surface area contributed by atoms with E-state index < -0.39 is 0 Å². The number of aromatic nitrogens is 3. The zero-order valence-corrected chi connectivity index (χ0v) is 13.0. The van der Waals surface area contributed by atoms with Crippen LogP contribution in [0.3, 0.4) is 0 Å². The summed E-state index contributed by atoms with van der Waals surface area (Å²) in [6.45, 7) is 6.19. The first-order valence-electron chi connectivity index (χ1n) is 7.31. The van der Waals surface area contributed by atoms with Gasteiger partial charge >= 0.3 is 0 Å². The van der Waals surface area contributed by atoms with E-state index in [4.69, 9.17) is 10.7 Å². The van der Waals surface area contributed by atoms with Gasteiger partial charge < -0.3 is 10.6 Å². The predicted octanol–water partition coefficient (Wildman–Crippen LogP) is 3.46. The molecule has 0 aliphatic carbocycles. The summed E-state index contributed by atoms with van der Waals surface area (Å²) in [7, 11) is 0. The van der Waals surface area contributed by atoms with Crippen LogP contribution in [0.25, 0.3) is 11.0 Å². The fourth-order valence-corrected chi connectivity index (χ4v) is 2.59. The number of anilines is 3. The molecule has 2 aromatic heterocycles. The Hall–Kier alpha value is -2.69. The number of hydrogen-bond acceptors (Lipinski definition) is 5. The summed E-state index contributed by atoms with van der Waals surface area (Å²) in [6.07, 6.45) is 0. The normalized spacial score (nSPS) is 11.1. The smallest absolute Gasteiger partial charge is 0.220 e. The average Bonchev–Trinajstić information content (AvgIpc) is 2.48. The summed E-state index contributed by atoms with van der Waals surface area (Å²) >= 11 is 0. The summed E-state index contributed by atoms with van der Waals surface area (Å²) in [6, 6.07) is 14.4. The number of para-hydroxylation sites is 1. The molecule has 0 radical (unpaired) electrons. The maximum atomic E-state index is 5.70. The molecule has 0 unspecified atom stereocenters. The van der Waals surface area contributed by atoms with Gasteiger partial charge in [0.15, 0.2) is 0 Å². The summed E-state index contributed by atoms with van der Waals surface area (Å²) in [5.41, 5.74) is 9.16. The molecule has 3 aromatic rings. The Balaban J connectivity index is 2.15. The van der Waals surface area contributed by atoms with E-state index in [-0.39, 0.29) is 12.0 Å². The number of benzene rings is 1. The van der Waals surface area contributed by atoms with Crippen molar-refractivity contribution in [2.75, 3.05) is 10.6 Å². The van der Waals surface area contributed by atoms with E-state index in [1.54, 1.807) is 0 Å². The molecule has 22 heavy (non-hydrogen) atoms. The monoisotopic (exact) mass is 293 g/mol. The Kier molecular flexibility index (Phi) is 3.63. The van der Waals surface area contributed by atoms with Crippen LogP contribution >= 0.6 is 0 Å². The molecule has 0 spiro atoms. The van der Waals surface area contributed by atoms with Crippen molar-refractivity contribution < 1.29 is 0 Å². The third-order valence-corrected chi connectivity index (χ3v) is 3.52. The molecule has 2 N–H and O–H groups in total. The second-order valence-electron chi connectivity index (χ2n) is 5.50. The summed E-state index contributed by atoms with van der Waals surface area (Å²) in [4.78, 5) is 15.4. The van der Waals surface area contributed by atoms with Gasteiger partial charge in [0.25, 0.3) is 0 Å². The highest BCUT2D eigenvalue weighted by Crippen LogP contribution is 2.28. The summed E-state index contributed by atoms with van der Waals surface area (Å²) < 4.78 is 0. The number of pyridine rings is 1. The Morgan fingerprint density at radius 1 is 0.955 bits per heavy atom. The zero-order valence-electron chi connectivity index (χ0n) is 13.0. The minimum atomic E-state index is 0.280. The van der Waals surface area contributed by atoms with Crippen LogP contribution in [0.1, 0.15) is 19.5 Å². The predicted molar refractivity (Wildman–Crippen MR) is 90.2 cm³/mol. The highest BCUT2D eigenvalue weighted by Gasteiger charge is 2.15. The third kappa shape index (κ3) is 2.57. The number of rotatable bonds is 3. The molecule has 5 nitrogen and oxygen atoms in total. The molecular weight excluding hydrogens is 274 g/mol. The van der Waals surface area contributed by atoms with Gasteiger partial charge in [0.1, 0.15) is 11.3 Å². The summed E-state index contributed by atoms with van der Waals surface area (Å²) in [5.74, 6) is 1.16. The van der Waals surface area contributed by atoms with Crippen LogP contribution in [-0.2, 0) is 0 Å². The number of hydrogen-bond donors (Lipinski definition) is 1. The van der Waals surface area contributed by atoms with E-state index in [0.29, 0.717) is 0 Å². The number of aryl methyl sites for hydroxylation is 1. The van der Waals surface area contributed by atoms with Crippen molar-refractivity contribution in [3.05, 3.63) is 48.2 Å². The second-order valence-corrected chi connectivity index (χ2v) is 5.50. The first-order valence-corrected chi connectivity index (χ1v) is 7.31. The summed E-state index contributed by atoms with van der Waals surface area (Å²) in [5, 5.41) is 0. The topological polar surface area (TPSA) is 67.9 Å². The van der Waals surface area contributed by atoms with Crippen molar-refractivity contribution >= 4 is 28.5 Å². The molecular formula is C17H19N5. The molecule has 0 aliphatic rings. The van der Waals surface area contributed by atoms with Gasteiger partial charge in [-0.2, -0.15) is 0 Å². The maximum absolute atomic E-state index is 5.70. The largest absolute Gasteiger partial charge is 0.368 e. The Morgan fingerprint density at radius 3 is 2.36 bits per heavy atom. The fraction of sp³-hybridized carbons (Fsp3) is 0.235. The van der Waals surface area contributed by atoms with Crippen LogP contribution in [-0.4, -0.2) is 21.0 Å². The van der Waals surface area contributed by atoms with Crippen LogP contribution < -0.4 is 10.6 Å². The van der Waals surface area contributed by atoms with E-state index in [1.165, 1.54) is 0 Å². The van der Waals surface area contributed by atoms with E-state index in [2.05, 4.69) is 40.8 Å². The molecule has 0 saturated heterocycles. The maximum Gasteiger partial charge on any atom is 0.220 e. The van der Waals surface area contributed by atoms with Gasteiger partial charge in [-0.1, -0.05) is 18.2 Å². The quantitative estimate of drug-likeness (QED) is 0.801. The van der Waals surface area contributed by atoms with Crippen molar-refractivity contribution in [1.82, 2.24) is 15.0 Å². The Morgan fingerprint density at radius 2 is 1.68 bits per heavy atom. The second kappa shape index (κ2) is 5.60. The van der Waals surface area contributed by atoms with E-state index in [9.17, 15) is 0 Å². The lowest BCUT2D eigenvalue weighted by Crippen LogP contribution is -2.26. The third-order valence-electron chi connectivity index (χ3n) is 3.52. The van der Waals surface area contributed by atoms with Crippen molar-refractivity contribution in [2.24, 2.45) is 0 Å². The Bertz CT molecular complexity index is 799. The molecule has 0 amide bonds. The van der Waals surface area contributed by atoms with E-state index in [1.807, 2.05) is 37.3 Å². The molecule has 0 atom stereocenters. The molecule has 5 heteroatoms. The van der Waals surface area contributed by atoms with Gasteiger partial charge in [-0.25, -0.2) is 15.0 Å². The lowest BCUT2D eigenvalue weighted by molar-refractivity contribution is 0.779. The number of nitrogen functional groups attached to an aromatic ring is 1. The first kappa shape index (κ1) is 14.3. The SMILES string of the molecule is Cc1nc(N)nc2ccc(N(c3ccccc3)C(C)C)nc12. The first-order chi connectivity index (χ1) is 10.6. The van der Waals surface area contributed by atoms with Crippen LogP contribution in [0.2, 0.25) is 0 Å². The van der Waals surface area contributed by atoms with Crippen molar-refractivity contribution in [3.63, 3.8) is 0 Å². The zero-order chi connectivity index (χ0) is 15.7. The standard InChI is InChI=1S/C17H19N5/c1-11(2)22(13-7-5-4-6-8-13)15-10-9-14-16(21-15)12(3)19-17(18)20-14/h4-11H,1-3H3,(H2,18,19,20). The van der Waals surface area contributed by atoms with Crippen molar-refractivity contribution in [1.29, 1.82) is 0 Å². The molecule has 0 aliphatic heterocycles. The lowest BCUT2D eigenvalue weighted by Gasteiger charge is -2.28. The molecule has 0 saturated carbocycles. The van der Waals surface area contributed by atoms with Crippen molar-refractivity contribution in [3.8, 4) is 0 Å². The van der Waals surface area contributed by atoms with E-state index in [0.717, 1.165) is 28.2 Å². The number of fused-ring (bicyclic) bond motifs is 1. The molecule has 3 rings (SSSR count). The van der Waals surface area contributed by atoms with Crippen LogP contribution in [0.5, 0.6) is 0 Å². The van der Waals surface area contributed by atoms with Crippen LogP contribution in [0, 0.1) is 6.92 Å². The highest BCUT2D eigenvalue weighted by molar-refractivity contribution is 5.80. The van der Waals surface area contributed by atoms with Gasteiger partial charge in [-0.3, -0.25) is 0 Å². The average molecular weight is 293 g/mol. The van der Waals surface area contributed by atoms with Gasteiger partial charge in [0.05, 0.1) is 11.2 Å². The Labute approximate surface area is 129 Å². The van der Waals surface area contributed by atoms with Gasteiger partial charge in [-0.15, -0.1) is 0 Å². The minimum Gasteiger partial charge on any atom is -0.368 e. The lowest BCUT2D eigenvalue weighted by atomic mass is 10.2. The molecule has 112 valence electrons. The highest BCUT2D eigenvalue weighted by atomic mass is 15.2.